The highest BCUT2D eigenvalue weighted by molar-refractivity contribution is 8.04. The van der Waals surface area contributed by atoms with Gasteiger partial charge in [-0.1, -0.05) is 155 Å². The summed E-state index contributed by atoms with van der Waals surface area (Å²) in [6.07, 6.45) is 4.59. The zero-order valence-electron chi connectivity index (χ0n) is 38.7. The Labute approximate surface area is 414 Å². The zero-order valence-corrected chi connectivity index (χ0v) is 42.0. The maximum atomic E-state index is 5.81. The molecular formula is C60H48N4S4. The van der Waals surface area contributed by atoms with E-state index in [-0.39, 0.29) is 0 Å². The van der Waals surface area contributed by atoms with Crippen LogP contribution in [0.3, 0.4) is 0 Å². The van der Waals surface area contributed by atoms with Crippen LogP contribution < -0.4 is 21.4 Å². The van der Waals surface area contributed by atoms with Crippen LogP contribution >= 0.6 is 47.0 Å². The van der Waals surface area contributed by atoms with E-state index < -0.39 is 0 Å². The molecule has 6 aromatic carbocycles. The zero-order chi connectivity index (χ0) is 46.5. The van der Waals surface area contributed by atoms with Gasteiger partial charge in [0.1, 0.15) is 0 Å². The van der Waals surface area contributed by atoms with Crippen molar-refractivity contribution in [1.82, 2.24) is 9.97 Å². The first-order valence-electron chi connectivity index (χ1n) is 22.8. The summed E-state index contributed by atoms with van der Waals surface area (Å²) in [5.41, 5.74) is 15.4. The molecule has 68 heavy (non-hydrogen) atoms. The summed E-state index contributed by atoms with van der Waals surface area (Å²) in [6.45, 7) is 13.3. The summed E-state index contributed by atoms with van der Waals surface area (Å²) >= 11 is 7.07. The topological polar surface area (TPSA) is 56.3 Å². The molecule has 0 fully saturated rings. The second kappa shape index (κ2) is 18.6. The third-order valence-electron chi connectivity index (χ3n) is 12.3. The van der Waals surface area contributed by atoms with Gasteiger partial charge in [-0.2, -0.15) is 0 Å². The van der Waals surface area contributed by atoms with Gasteiger partial charge in [-0.05, 0) is 148 Å². The van der Waals surface area contributed by atoms with Gasteiger partial charge >= 0.3 is 0 Å². The van der Waals surface area contributed by atoms with Crippen molar-refractivity contribution < 1.29 is 0 Å². The Morgan fingerprint density at radius 2 is 0.676 bits per heavy atom. The lowest BCUT2D eigenvalue weighted by atomic mass is 9.90. The fourth-order valence-corrected chi connectivity index (χ4v) is 13.5. The smallest absolute Gasteiger partial charge is 0.0884 e. The molecule has 8 heteroatoms. The summed E-state index contributed by atoms with van der Waals surface area (Å²) in [6, 6.07) is 56.6. The van der Waals surface area contributed by atoms with Gasteiger partial charge in [0.2, 0.25) is 0 Å². The Kier molecular flexibility index (Phi) is 12.1. The highest BCUT2D eigenvalue weighted by Gasteiger charge is 2.30. The minimum Gasteiger partial charge on any atom is -0.352 e. The number of aromatic amines is 2. The van der Waals surface area contributed by atoms with Crippen molar-refractivity contribution in [3.63, 3.8) is 0 Å². The molecule has 11 rings (SSSR count). The molecular weight excluding hydrogens is 905 g/mol. The van der Waals surface area contributed by atoms with E-state index in [1.807, 2.05) is 0 Å². The number of rotatable bonds is 10. The van der Waals surface area contributed by atoms with Crippen molar-refractivity contribution in [3.8, 4) is 0 Å². The van der Waals surface area contributed by atoms with Crippen LogP contribution in [0.4, 0.5) is 0 Å². The average molecular weight is 953 g/mol. The van der Waals surface area contributed by atoms with Crippen molar-refractivity contribution in [2.75, 3.05) is 0 Å². The molecule has 3 aliphatic rings. The SMILES string of the molecule is Cc1cc(C)c(C2=c3[nH]c(cc3Sc3ccccc3)=C3C=C(Sc4ccccc4)C(=N3)C(c3c(C)cc(C)cc3C)=c3[nH]c(cc3Sc3ccccc3)=C3C=C(Sc4ccccc4)C2=N3)c(C)c1. The summed E-state index contributed by atoms with van der Waals surface area (Å²) in [5, 5.41) is 3.93. The highest BCUT2D eigenvalue weighted by atomic mass is 32.2. The molecule has 3 aliphatic heterocycles. The molecule has 0 aliphatic carbocycles. The lowest BCUT2D eigenvalue weighted by Gasteiger charge is -2.18. The quantitative estimate of drug-likeness (QED) is 0.143. The van der Waals surface area contributed by atoms with E-state index in [0.717, 1.165) is 94.5 Å². The van der Waals surface area contributed by atoms with E-state index in [1.165, 1.54) is 44.5 Å². The van der Waals surface area contributed by atoms with Gasteiger partial charge in [-0.15, -0.1) is 0 Å². The Balaban J connectivity index is 1.33. The van der Waals surface area contributed by atoms with Crippen molar-refractivity contribution in [2.45, 2.75) is 70.9 Å². The Bertz CT molecular complexity index is 3420. The maximum Gasteiger partial charge on any atom is 0.0884 e. The molecule has 4 nitrogen and oxygen atoms in total. The van der Waals surface area contributed by atoms with Gasteiger partial charge in [0.15, 0.2) is 0 Å². The van der Waals surface area contributed by atoms with E-state index >= 15 is 0 Å². The molecule has 0 radical (unpaired) electrons. The van der Waals surface area contributed by atoms with Gasteiger partial charge in [0, 0.05) is 50.3 Å². The fraction of sp³-hybridized carbons (Fsp3) is 0.100. The Morgan fingerprint density at radius 3 is 1.00 bits per heavy atom. The number of hydrogen-bond donors (Lipinski definition) is 2. The normalized spacial score (nSPS) is 14.2. The maximum absolute atomic E-state index is 5.81. The molecule has 0 atom stereocenters. The molecule has 0 saturated heterocycles. The molecule has 5 heterocycles. The molecule has 332 valence electrons. The molecule has 0 unspecified atom stereocenters. The van der Waals surface area contributed by atoms with E-state index in [0.29, 0.717) is 0 Å². The third-order valence-corrected chi connectivity index (χ3v) is 16.5. The van der Waals surface area contributed by atoms with Crippen LogP contribution in [0.15, 0.2) is 219 Å². The summed E-state index contributed by atoms with van der Waals surface area (Å²) in [4.78, 5) is 28.8. The Morgan fingerprint density at radius 1 is 0.368 bits per heavy atom. The minimum absolute atomic E-state index is 0.882. The number of hydrogen-bond acceptors (Lipinski definition) is 6. The number of fused-ring (bicyclic) bond motifs is 6. The summed E-state index contributed by atoms with van der Waals surface area (Å²) in [5.74, 6) is 0. The first kappa shape index (κ1) is 44.1. The standard InChI is InChI=1S/C60H48N4S4/c1-35-27-37(3)53(38(4)28-35)55-57-49(65-41-19-11-7-12-20-41)31-45(61-57)47-33-51(67-43-23-15-9-16-24-43)59(63-47)56(54-39(5)29-36(2)30-40(54)6)60-52(68-44-25-17-10-18-26-44)34-48(64-60)46-32-50(58(55)62-46)66-42-21-13-8-14-22-42/h7-34,61,64H,1-6H3. The van der Waals surface area contributed by atoms with Crippen LogP contribution in [0.25, 0.3) is 22.5 Å². The third kappa shape index (κ3) is 8.67. The largest absolute Gasteiger partial charge is 0.352 e. The number of aliphatic imine (C=N–C) groups is 2. The second-order valence-corrected chi connectivity index (χ2v) is 22.0. The number of benzene rings is 6. The van der Waals surface area contributed by atoms with Gasteiger partial charge in [-0.3, -0.25) is 0 Å². The average Bonchev–Trinajstić information content (AvgIpc) is 4.13. The van der Waals surface area contributed by atoms with Crippen LogP contribution in [-0.2, 0) is 0 Å². The number of aryl methyl sites for hydroxylation is 6. The summed E-state index contributed by atoms with van der Waals surface area (Å²) < 4.78 is 0. The van der Waals surface area contributed by atoms with Crippen LogP contribution in [0.2, 0.25) is 0 Å². The van der Waals surface area contributed by atoms with Crippen molar-refractivity contribution in [1.29, 1.82) is 0 Å². The molecule has 2 N–H and O–H groups in total. The number of allylic oxidation sites excluding steroid dienone is 2. The number of H-pyrrole nitrogens is 2. The van der Waals surface area contributed by atoms with Crippen LogP contribution in [0, 0.1) is 41.5 Å². The van der Waals surface area contributed by atoms with E-state index in [1.54, 1.807) is 47.0 Å². The lowest BCUT2D eigenvalue weighted by Crippen LogP contribution is -2.23. The van der Waals surface area contributed by atoms with E-state index in [9.17, 15) is 0 Å². The predicted molar refractivity (Wildman–Crippen MR) is 290 cm³/mol. The minimum atomic E-state index is 0.882. The second-order valence-electron chi connectivity index (χ2n) is 17.5. The summed E-state index contributed by atoms with van der Waals surface area (Å²) in [7, 11) is 0. The van der Waals surface area contributed by atoms with E-state index in [2.05, 4.69) is 221 Å². The van der Waals surface area contributed by atoms with Gasteiger partial charge in [-0.25, -0.2) is 9.98 Å². The first-order valence-corrected chi connectivity index (χ1v) is 26.1. The molecule has 0 saturated carbocycles. The van der Waals surface area contributed by atoms with Gasteiger partial charge < -0.3 is 9.97 Å². The van der Waals surface area contributed by atoms with Crippen molar-refractivity contribution in [2.24, 2.45) is 9.98 Å². The van der Waals surface area contributed by atoms with Crippen LogP contribution in [0.5, 0.6) is 0 Å². The molecule has 0 amide bonds. The van der Waals surface area contributed by atoms with Gasteiger partial charge in [0.25, 0.3) is 0 Å². The monoisotopic (exact) mass is 952 g/mol. The molecule has 8 aromatic rings. The number of thioether (sulfide) groups is 2. The number of nitrogens with one attached hydrogen (secondary N) is 2. The molecule has 8 bridgehead atoms. The number of aromatic nitrogens is 2. The van der Waals surface area contributed by atoms with Crippen molar-refractivity contribution in [3.05, 3.63) is 246 Å². The highest BCUT2D eigenvalue weighted by Crippen LogP contribution is 2.42. The van der Waals surface area contributed by atoms with Gasteiger partial charge in [0.05, 0.1) is 44.2 Å². The number of nitrogens with zero attached hydrogens (tertiary/aromatic N) is 2. The predicted octanol–water partition coefficient (Wildman–Crippen LogP) is 13.1. The molecule has 0 spiro atoms. The van der Waals surface area contributed by atoms with Crippen molar-refractivity contribution >= 4 is 81.0 Å². The fourth-order valence-electron chi connectivity index (χ4n) is 9.60. The first-order chi connectivity index (χ1) is 33.1. The van der Waals surface area contributed by atoms with Crippen LogP contribution in [0.1, 0.15) is 44.5 Å². The van der Waals surface area contributed by atoms with Crippen LogP contribution in [-0.4, -0.2) is 21.4 Å². The van der Waals surface area contributed by atoms with E-state index in [4.69, 9.17) is 9.98 Å². The molecule has 2 aromatic heterocycles. The Hall–Kier alpha value is -6.42. The lowest BCUT2D eigenvalue weighted by molar-refractivity contribution is 1.19.